The molecule has 1 aromatic carbocycles. The molecule has 0 radical (unpaired) electrons. The van der Waals surface area contributed by atoms with Crippen LogP contribution in [0, 0.1) is 18.8 Å². The second kappa shape index (κ2) is 6.85. The summed E-state index contributed by atoms with van der Waals surface area (Å²) >= 11 is 0. The average Bonchev–Trinajstić information content (AvgIpc) is 2.35. The summed E-state index contributed by atoms with van der Waals surface area (Å²) < 4.78 is 0. The van der Waals surface area contributed by atoms with Crippen molar-refractivity contribution in [1.82, 2.24) is 0 Å². The largest absolute Gasteiger partial charge is 0.326 e. The molecule has 0 atom stereocenters. The number of aryl methyl sites for hydroxylation is 1. The van der Waals surface area contributed by atoms with Gasteiger partial charge in [0.1, 0.15) is 0 Å². The number of hydrogen-bond donors (Lipinski definition) is 1. The molecule has 0 aliphatic rings. The second-order valence-electron chi connectivity index (χ2n) is 6.03. The zero-order valence-electron chi connectivity index (χ0n) is 12.9. The third-order valence-corrected chi connectivity index (χ3v) is 3.70. The van der Waals surface area contributed by atoms with Crippen molar-refractivity contribution in [1.29, 1.82) is 0 Å². The van der Waals surface area contributed by atoms with Gasteiger partial charge in [-0.3, -0.25) is 4.79 Å². The average molecular weight is 261 g/mol. The lowest BCUT2D eigenvalue weighted by Gasteiger charge is -2.16. The highest BCUT2D eigenvalue weighted by Gasteiger charge is 2.17. The van der Waals surface area contributed by atoms with Crippen LogP contribution in [0.25, 0.3) is 0 Å². The summed E-state index contributed by atoms with van der Waals surface area (Å²) in [6.45, 7) is 10.9. The molecule has 2 heteroatoms. The number of rotatable bonds is 6. The standard InChI is InChI=1S/C17H27NO/c1-11(2)6-7-14-8-9-15(17(19)12(3)4)16(10-18)13(14)5/h8-9,11-12H,6-7,10,18H2,1-5H3. The van der Waals surface area contributed by atoms with Gasteiger partial charge in [0.05, 0.1) is 0 Å². The van der Waals surface area contributed by atoms with Crippen molar-refractivity contribution in [3.63, 3.8) is 0 Å². The summed E-state index contributed by atoms with van der Waals surface area (Å²) in [6, 6.07) is 4.07. The Morgan fingerprint density at radius 3 is 2.32 bits per heavy atom. The Balaban J connectivity index is 3.12. The number of benzene rings is 1. The summed E-state index contributed by atoms with van der Waals surface area (Å²) in [6.07, 6.45) is 2.23. The molecule has 1 aromatic rings. The SMILES string of the molecule is Cc1c(CCC(C)C)ccc(C(=O)C(C)C)c1CN. The van der Waals surface area contributed by atoms with E-state index in [0.717, 1.165) is 17.5 Å². The van der Waals surface area contributed by atoms with Crippen molar-refractivity contribution in [3.8, 4) is 0 Å². The van der Waals surface area contributed by atoms with Crippen LogP contribution >= 0.6 is 0 Å². The zero-order valence-corrected chi connectivity index (χ0v) is 12.9. The van der Waals surface area contributed by atoms with Gasteiger partial charge in [0.2, 0.25) is 0 Å². The predicted molar refractivity (Wildman–Crippen MR) is 81.4 cm³/mol. The van der Waals surface area contributed by atoms with Gasteiger partial charge < -0.3 is 5.73 Å². The summed E-state index contributed by atoms with van der Waals surface area (Å²) in [7, 11) is 0. The Labute approximate surface area is 117 Å². The number of hydrogen-bond acceptors (Lipinski definition) is 2. The highest BCUT2D eigenvalue weighted by molar-refractivity contribution is 5.99. The third kappa shape index (κ3) is 3.90. The number of Topliss-reactive ketones (excluding diaryl/α,β-unsaturated/α-hetero) is 1. The van der Waals surface area contributed by atoms with Crippen molar-refractivity contribution in [2.45, 2.75) is 54.0 Å². The Morgan fingerprint density at radius 2 is 1.84 bits per heavy atom. The van der Waals surface area contributed by atoms with E-state index in [0.29, 0.717) is 12.5 Å². The smallest absolute Gasteiger partial charge is 0.165 e. The number of nitrogens with two attached hydrogens (primary N) is 1. The first kappa shape index (κ1) is 15.9. The molecule has 0 aromatic heterocycles. The van der Waals surface area contributed by atoms with E-state index in [1.54, 1.807) is 0 Å². The molecule has 0 unspecified atom stereocenters. The fraction of sp³-hybridized carbons (Fsp3) is 0.588. The minimum Gasteiger partial charge on any atom is -0.326 e. The van der Waals surface area contributed by atoms with Crippen molar-refractivity contribution in [2.75, 3.05) is 0 Å². The molecular formula is C17H27NO. The van der Waals surface area contributed by atoms with Crippen molar-refractivity contribution in [3.05, 3.63) is 34.4 Å². The molecule has 106 valence electrons. The molecule has 0 saturated heterocycles. The van der Waals surface area contributed by atoms with Gasteiger partial charge in [-0.1, -0.05) is 39.8 Å². The monoisotopic (exact) mass is 261 g/mol. The topological polar surface area (TPSA) is 43.1 Å². The Bertz CT molecular complexity index is 447. The molecule has 19 heavy (non-hydrogen) atoms. The maximum atomic E-state index is 12.2. The van der Waals surface area contributed by atoms with Crippen LogP contribution in [0.15, 0.2) is 12.1 Å². The van der Waals surface area contributed by atoms with Crippen molar-refractivity contribution < 1.29 is 4.79 Å². The van der Waals surface area contributed by atoms with Gasteiger partial charge in [-0.2, -0.15) is 0 Å². The first-order valence-electron chi connectivity index (χ1n) is 7.24. The molecule has 2 nitrogen and oxygen atoms in total. The minimum absolute atomic E-state index is 0.0196. The maximum absolute atomic E-state index is 12.2. The van der Waals surface area contributed by atoms with E-state index in [1.807, 2.05) is 19.9 Å². The van der Waals surface area contributed by atoms with Crippen molar-refractivity contribution in [2.24, 2.45) is 17.6 Å². The molecule has 0 saturated carbocycles. The van der Waals surface area contributed by atoms with Gasteiger partial charge >= 0.3 is 0 Å². The van der Waals surface area contributed by atoms with Gasteiger partial charge in [0, 0.05) is 18.0 Å². The molecular weight excluding hydrogens is 234 g/mol. The second-order valence-corrected chi connectivity index (χ2v) is 6.03. The molecule has 0 spiro atoms. The lowest BCUT2D eigenvalue weighted by molar-refractivity contribution is 0.0938. The van der Waals surface area contributed by atoms with Crippen LogP contribution in [0.5, 0.6) is 0 Å². The fourth-order valence-electron chi connectivity index (χ4n) is 2.33. The van der Waals surface area contributed by atoms with Gasteiger partial charge in [0.15, 0.2) is 5.78 Å². The van der Waals surface area contributed by atoms with E-state index in [4.69, 9.17) is 5.73 Å². The Morgan fingerprint density at radius 1 is 1.21 bits per heavy atom. The van der Waals surface area contributed by atoms with Crippen LogP contribution in [-0.2, 0) is 13.0 Å². The Kier molecular flexibility index (Phi) is 5.74. The molecule has 0 bridgehead atoms. The normalized spacial score (nSPS) is 11.4. The van der Waals surface area contributed by atoms with Gasteiger partial charge in [-0.25, -0.2) is 0 Å². The van der Waals surface area contributed by atoms with Crippen molar-refractivity contribution >= 4 is 5.78 Å². The molecule has 1 rings (SSSR count). The number of carbonyl (C=O) groups excluding carboxylic acids is 1. The zero-order chi connectivity index (χ0) is 14.6. The minimum atomic E-state index is 0.0196. The first-order valence-corrected chi connectivity index (χ1v) is 7.24. The highest BCUT2D eigenvalue weighted by Crippen LogP contribution is 2.23. The summed E-state index contributed by atoms with van der Waals surface area (Å²) in [5.74, 6) is 0.905. The van der Waals surface area contributed by atoms with E-state index in [1.165, 1.54) is 17.5 Å². The van der Waals surface area contributed by atoms with E-state index in [-0.39, 0.29) is 11.7 Å². The van der Waals surface area contributed by atoms with Crippen LogP contribution < -0.4 is 5.73 Å². The third-order valence-electron chi connectivity index (χ3n) is 3.70. The lowest BCUT2D eigenvalue weighted by atomic mass is 9.89. The summed E-state index contributed by atoms with van der Waals surface area (Å²) in [5.41, 5.74) is 10.2. The van der Waals surface area contributed by atoms with Crippen LogP contribution in [0.2, 0.25) is 0 Å². The van der Waals surface area contributed by atoms with E-state index < -0.39 is 0 Å². The summed E-state index contributed by atoms with van der Waals surface area (Å²) in [5, 5.41) is 0. The first-order chi connectivity index (χ1) is 8.88. The van der Waals surface area contributed by atoms with E-state index in [9.17, 15) is 4.79 Å². The lowest BCUT2D eigenvalue weighted by Crippen LogP contribution is -2.15. The molecule has 0 fully saturated rings. The van der Waals surface area contributed by atoms with Crippen LogP contribution in [0.1, 0.15) is 61.2 Å². The van der Waals surface area contributed by atoms with Gasteiger partial charge in [0.25, 0.3) is 0 Å². The fourth-order valence-corrected chi connectivity index (χ4v) is 2.33. The van der Waals surface area contributed by atoms with E-state index in [2.05, 4.69) is 26.8 Å². The van der Waals surface area contributed by atoms with Gasteiger partial charge in [-0.15, -0.1) is 0 Å². The van der Waals surface area contributed by atoms with E-state index >= 15 is 0 Å². The van der Waals surface area contributed by atoms with Gasteiger partial charge in [-0.05, 0) is 42.4 Å². The number of carbonyl (C=O) groups is 1. The van der Waals surface area contributed by atoms with Crippen LogP contribution in [-0.4, -0.2) is 5.78 Å². The van der Waals surface area contributed by atoms with Crippen LogP contribution in [0.3, 0.4) is 0 Å². The number of ketones is 1. The predicted octanol–water partition coefficient (Wildman–Crippen LogP) is 3.88. The quantitative estimate of drug-likeness (QED) is 0.790. The molecule has 0 aliphatic carbocycles. The maximum Gasteiger partial charge on any atom is 0.165 e. The van der Waals surface area contributed by atoms with Crippen LogP contribution in [0.4, 0.5) is 0 Å². The Hall–Kier alpha value is -1.15. The summed E-state index contributed by atoms with van der Waals surface area (Å²) in [4.78, 5) is 12.2. The molecule has 2 N–H and O–H groups in total. The molecule has 0 amide bonds. The molecule has 0 aliphatic heterocycles. The molecule has 0 heterocycles. The highest BCUT2D eigenvalue weighted by atomic mass is 16.1.